The zero-order valence-corrected chi connectivity index (χ0v) is 10.0. The lowest BCUT2D eigenvalue weighted by molar-refractivity contribution is 0.113. The number of rotatable bonds is 2. The van der Waals surface area contributed by atoms with E-state index in [2.05, 4.69) is 0 Å². The summed E-state index contributed by atoms with van der Waals surface area (Å²) < 4.78 is 38.3. The molecule has 6 heteroatoms. The molecule has 0 bridgehead atoms. The van der Waals surface area contributed by atoms with Crippen molar-refractivity contribution in [2.24, 2.45) is 0 Å². The number of halogens is 1. The van der Waals surface area contributed by atoms with E-state index in [1.807, 2.05) is 0 Å². The zero-order chi connectivity index (χ0) is 12.5. The average Bonchev–Trinajstić information content (AvgIpc) is 2.30. The van der Waals surface area contributed by atoms with Crippen LogP contribution in [0.2, 0.25) is 0 Å². The molecule has 1 N–H and O–H groups in total. The monoisotopic (exact) mass is 259 g/mol. The van der Waals surface area contributed by atoms with Crippen LogP contribution in [0.1, 0.15) is 12.8 Å². The maximum atomic E-state index is 12.7. The van der Waals surface area contributed by atoms with Crippen LogP contribution in [0.15, 0.2) is 29.2 Å². The summed E-state index contributed by atoms with van der Waals surface area (Å²) in [6.45, 7) is 0.613. The second-order valence-corrected chi connectivity index (χ2v) is 6.03. The largest absolute Gasteiger partial charge is 0.393 e. The van der Waals surface area contributed by atoms with Crippen LogP contribution in [0.4, 0.5) is 4.39 Å². The van der Waals surface area contributed by atoms with E-state index < -0.39 is 21.9 Å². The lowest BCUT2D eigenvalue weighted by Gasteiger charge is -2.28. The first-order chi connectivity index (χ1) is 8.00. The summed E-state index contributed by atoms with van der Waals surface area (Å²) in [6.07, 6.45) is 0.468. The molecule has 1 aromatic carbocycles. The molecular weight excluding hydrogens is 245 g/mol. The van der Waals surface area contributed by atoms with E-state index in [-0.39, 0.29) is 4.90 Å². The van der Waals surface area contributed by atoms with Crippen molar-refractivity contribution in [2.75, 3.05) is 13.1 Å². The number of piperidine rings is 1. The third kappa shape index (κ3) is 2.65. The number of hydrogen-bond acceptors (Lipinski definition) is 3. The Morgan fingerprint density at radius 1 is 1.18 bits per heavy atom. The quantitative estimate of drug-likeness (QED) is 0.861. The highest BCUT2D eigenvalue weighted by atomic mass is 32.2. The van der Waals surface area contributed by atoms with Gasteiger partial charge in [-0.2, -0.15) is 4.31 Å². The van der Waals surface area contributed by atoms with Crippen molar-refractivity contribution >= 4 is 10.0 Å². The van der Waals surface area contributed by atoms with Gasteiger partial charge in [0.25, 0.3) is 0 Å². The molecule has 17 heavy (non-hydrogen) atoms. The Kier molecular flexibility index (Phi) is 3.46. The van der Waals surface area contributed by atoms with Crippen LogP contribution in [-0.2, 0) is 10.0 Å². The number of sulfonamides is 1. The van der Waals surface area contributed by atoms with Crippen molar-refractivity contribution in [3.8, 4) is 0 Å². The Bertz CT molecular complexity index is 478. The minimum absolute atomic E-state index is 0.0929. The predicted molar refractivity (Wildman–Crippen MR) is 60.4 cm³/mol. The predicted octanol–water partition coefficient (Wildman–Crippen LogP) is 0.971. The molecule has 0 radical (unpaired) electrons. The lowest BCUT2D eigenvalue weighted by atomic mass is 10.1. The molecule has 0 atom stereocenters. The van der Waals surface area contributed by atoms with Crippen LogP contribution in [0.5, 0.6) is 0 Å². The number of benzene rings is 1. The fourth-order valence-electron chi connectivity index (χ4n) is 1.84. The number of aliphatic hydroxyl groups excluding tert-OH is 1. The Morgan fingerprint density at radius 2 is 1.71 bits per heavy atom. The van der Waals surface area contributed by atoms with Crippen molar-refractivity contribution in [3.05, 3.63) is 30.1 Å². The SMILES string of the molecule is O=S(=O)(c1ccc(F)cc1)N1CCC(O)CC1. The Hall–Kier alpha value is -0.980. The van der Waals surface area contributed by atoms with E-state index in [4.69, 9.17) is 0 Å². The van der Waals surface area contributed by atoms with Crippen LogP contribution in [0.3, 0.4) is 0 Å². The number of nitrogens with zero attached hydrogens (tertiary/aromatic N) is 1. The fourth-order valence-corrected chi connectivity index (χ4v) is 3.31. The number of hydrogen-bond donors (Lipinski definition) is 1. The van der Waals surface area contributed by atoms with Crippen LogP contribution in [0, 0.1) is 5.82 Å². The third-order valence-corrected chi connectivity index (χ3v) is 4.79. The smallest absolute Gasteiger partial charge is 0.243 e. The van der Waals surface area contributed by atoms with Gasteiger partial charge in [-0.05, 0) is 37.1 Å². The molecule has 1 aliphatic heterocycles. The standard InChI is InChI=1S/C11H14FNO3S/c12-9-1-3-11(4-2-9)17(15,16)13-7-5-10(14)6-8-13/h1-4,10,14H,5-8H2. The van der Waals surface area contributed by atoms with E-state index in [1.54, 1.807) is 0 Å². The highest BCUT2D eigenvalue weighted by molar-refractivity contribution is 7.89. The Balaban J connectivity index is 2.21. The molecule has 94 valence electrons. The lowest BCUT2D eigenvalue weighted by Crippen LogP contribution is -2.39. The van der Waals surface area contributed by atoms with Gasteiger partial charge in [0.05, 0.1) is 11.0 Å². The summed E-state index contributed by atoms with van der Waals surface area (Å²) in [7, 11) is -3.55. The van der Waals surface area contributed by atoms with Crippen molar-refractivity contribution in [1.29, 1.82) is 0 Å². The molecule has 0 aromatic heterocycles. The van der Waals surface area contributed by atoms with Gasteiger partial charge in [0, 0.05) is 13.1 Å². The van der Waals surface area contributed by atoms with Gasteiger partial charge in [0.1, 0.15) is 5.82 Å². The molecule has 1 heterocycles. The maximum Gasteiger partial charge on any atom is 0.243 e. The molecule has 0 spiro atoms. The molecule has 1 aliphatic rings. The van der Waals surface area contributed by atoms with Gasteiger partial charge >= 0.3 is 0 Å². The summed E-state index contributed by atoms with van der Waals surface area (Å²) in [4.78, 5) is 0.0929. The van der Waals surface area contributed by atoms with Gasteiger partial charge in [-0.1, -0.05) is 0 Å². The zero-order valence-electron chi connectivity index (χ0n) is 9.21. The highest BCUT2D eigenvalue weighted by Gasteiger charge is 2.28. The van der Waals surface area contributed by atoms with Crippen molar-refractivity contribution in [3.63, 3.8) is 0 Å². The average molecular weight is 259 g/mol. The van der Waals surface area contributed by atoms with Crippen molar-refractivity contribution in [2.45, 2.75) is 23.8 Å². The molecule has 2 rings (SSSR count). The summed E-state index contributed by atoms with van der Waals surface area (Å²) >= 11 is 0. The van der Waals surface area contributed by atoms with Crippen molar-refractivity contribution in [1.82, 2.24) is 4.31 Å². The highest BCUT2D eigenvalue weighted by Crippen LogP contribution is 2.20. The molecule has 0 saturated carbocycles. The Labute approximate surface area is 99.7 Å². The maximum absolute atomic E-state index is 12.7. The Morgan fingerprint density at radius 3 is 2.24 bits per heavy atom. The number of aliphatic hydroxyl groups is 1. The molecule has 1 aromatic rings. The molecule has 4 nitrogen and oxygen atoms in total. The summed E-state index contributed by atoms with van der Waals surface area (Å²) in [5, 5.41) is 9.33. The minimum Gasteiger partial charge on any atom is -0.393 e. The van der Waals surface area contributed by atoms with E-state index in [0.717, 1.165) is 12.1 Å². The molecule has 1 saturated heterocycles. The van der Waals surface area contributed by atoms with Gasteiger partial charge in [-0.3, -0.25) is 0 Å². The normalized spacial score (nSPS) is 19.4. The first kappa shape index (κ1) is 12.5. The third-order valence-electron chi connectivity index (χ3n) is 2.87. The van der Waals surface area contributed by atoms with Crippen LogP contribution in [0.25, 0.3) is 0 Å². The van der Waals surface area contributed by atoms with E-state index >= 15 is 0 Å². The fraction of sp³-hybridized carbons (Fsp3) is 0.455. The molecule has 1 fully saturated rings. The van der Waals surface area contributed by atoms with Crippen LogP contribution in [-0.4, -0.2) is 37.0 Å². The molecule has 0 amide bonds. The molecule has 0 unspecified atom stereocenters. The second kappa shape index (κ2) is 4.72. The van der Waals surface area contributed by atoms with Gasteiger partial charge in [0.2, 0.25) is 10.0 Å². The van der Waals surface area contributed by atoms with Crippen LogP contribution < -0.4 is 0 Å². The van der Waals surface area contributed by atoms with Gasteiger partial charge in [0.15, 0.2) is 0 Å². The van der Waals surface area contributed by atoms with Gasteiger partial charge in [-0.15, -0.1) is 0 Å². The van der Waals surface area contributed by atoms with Gasteiger partial charge < -0.3 is 5.11 Å². The van der Waals surface area contributed by atoms with Gasteiger partial charge in [-0.25, -0.2) is 12.8 Å². The summed E-state index contributed by atoms with van der Waals surface area (Å²) in [5.74, 6) is -0.460. The minimum atomic E-state index is -3.55. The van der Waals surface area contributed by atoms with E-state index in [9.17, 15) is 17.9 Å². The summed E-state index contributed by atoms with van der Waals surface area (Å²) in [5.41, 5.74) is 0. The topological polar surface area (TPSA) is 57.6 Å². The second-order valence-electron chi connectivity index (χ2n) is 4.09. The first-order valence-corrected chi connectivity index (χ1v) is 6.88. The van der Waals surface area contributed by atoms with Crippen LogP contribution >= 0.6 is 0 Å². The molecule has 0 aliphatic carbocycles. The van der Waals surface area contributed by atoms with E-state index in [1.165, 1.54) is 16.4 Å². The molecular formula is C11H14FNO3S. The van der Waals surface area contributed by atoms with Crippen molar-refractivity contribution < 1.29 is 17.9 Å². The first-order valence-electron chi connectivity index (χ1n) is 5.44. The van der Waals surface area contributed by atoms with E-state index in [0.29, 0.717) is 25.9 Å². The summed E-state index contributed by atoms with van der Waals surface area (Å²) in [6, 6.07) is 4.78.